The molecule has 0 unspecified atom stereocenters. The molecule has 0 spiro atoms. The van der Waals surface area contributed by atoms with Crippen molar-refractivity contribution in [3.8, 4) is 5.75 Å². The van der Waals surface area contributed by atoms with Gasteiger partial charge in [0.2, 0.25) is 0 Å². The molecule has 3 rings (SSSR count). The van der Waals surface area contributed by atoms with E-state index in [4.69, 9.17) is 9.47 Å². The Balaban J connectivity index is 1.91. The Hall–Kier alpha value is -3.08. The Morgan fingerprint density at radius 3 is 2.48 bits per heavy atom. The van der Waals surface area contributed by atoms with Crippen LogP contribution in [0.4, 0.5) is 0 Å². The minimum Gasteiger partial charge on any atom is -0.485 e. The number of Topliss-reactive ketones (excluding diaryl/α,β-unsaturated/α-hetero) is 1. The third-order valence-corrected chi connectivity index (χ3v) is 4.98. The highest BCUT2D eigenvalue weighted by molar-refractivity contribution is 6.06. The smallest absolute Gasteiger partial charge is 0.340 e. The van der Waals surface area contributed by atoms with Gasteiger partial charge >= 0.3 is 5.97 Å². The molecule has 0 amide bonds. The summed E-state index contributed by atoms with van der Waals surface area (Å²) in [5.74, 6) is 0.135. The lowest BCUT2D eigenvalue weighted by atomic mass is 10.1. The predicted molar refractivity (Wildman–Crippen MR) is 114 cm³/mol. The number of ketones is 1. The van der Waals surface area contributed by atoms with Gasteiger partial charge in [-0.15, -0.1) is 0 Å². The second kappa shape index (κ2) is 9.41. The predicted octanol–water partition coefficient (Wildman–Crippen LogP) is 5.19. The Morgan fingerprint density at radius 1 is 1.03 bits per heavy atom. The third-order valence-electron chi connectivity index (χ3n) is 4.98. The zero-order chi connectivity index (χ0) is 20.8. The summed E-state index contributed by atoms with van der Waals surface area (Å²) in [6.07, 6.45) is 2.09. The van der Waals surface area contributed by atoms with E-state index in [0.717, 1.165) is 36.0 Å². The number of rotatable bonds is 9. The lowest BCUT2D eigenvalue weighted by molar-refractivity contribution is 0.0527. The Labute approximate surface area is 171 Å². The van der Waals surface area contributed by atoms with Gasteiger partial charge in [0.25, 0.3) is 0 Å². The first-order valence-corrected chi connectivity index (χ1v) is 10.1. The molecule has 1 heterocycles. The van der Waals surface area contributed by atoms with Crippen molar-refractivity contribution in [2.75, 3.05) is 13.2 Å². The average Bonchev–Trinajstić information content (AvgIpc) is 3.01. The molecule has 0 aliphatic heterocycles. The lowest BCUT2D eigenvalue weighted by Crippen LogP contribution is -2.11. The van der Waals surface area contributed by atoms with Crippen LogP contribution in [0.3, 0.4) is 0 Å². The van der Waals surface area contributed by atoms with Crippen molar-refractivity contribution in [3.63, 3.8) is 0 Å². The molecule has 5 nitrogen and oxygen atoms in total. The van der Waals surface area contributed by atoms with Gasteiger partial charge in [0, 0.05) is 28.7 Å². The molecule has 0 aliphatic rings. The van der Waals surface area contributed by atoms with Gasteiger partial charge in [0.05, 0.1) is 12.2 Å². The van der Waals surface area contributed by atoms with Crippen LogP contribution in [-0.2, 0) is 11.3 Å². The Bertz CT molecular complexity index is 1000. The van der Waals surface area contributed by atoms with Crippen LogP contribution < -0.4 is 4.74 Å². The number of nitrogens with zero attached hydrogens (tertiary/aromatic N) is 1. The summed E-state index contributed by atoms with van der Waals surface area (Å²) in [5, 5.41) is 0.793. The molecule has 1 aromatic heterocycles. The summed E-state index contributed by atoms with van der Waals surface area (Å²) < 4.78 is 13.2. The molecule has 152 valence electrons. The van der Waals surface area contributed by atoms with Crippen molar-refractivity contribution in [2.45, 2.75) is 40.2 Å². The normalized spacial score (nSPS) is 10.9. The molecule has 0 N–H and O–H groups in total. The molecule has 0 fully saturated rings. The van der Waals surface area contributed by atoms with Gasteiger partial charge in [-0.2, -0.15) is 0 Å². The highest BCUT2D eigenvalue weighted by Crippen LogP contribution is 2.30. The van der Waals surface area contributed by atoms with Crippen LogP contribution in [0.15, 0.2) is 48.5 Å². The number of aromatic nitrogens is 1. The average molecular weight is 393 g/mol. The zero-order valence-electron chi connectivity index (χ0n) is 17.2. The van der Waals surface area contributed by atoms with Gasteiger partial charge in [-0.1, -0.05) is 43.7 Å². The summed E-state index contributed by atoms with van der Waals surface area (Å²) >= 11 is 0. The maximum atomic E-state index is 12.6. The van der Waals surface area contributed by atoms with Crippen LogP contribution >= 0.6 is 0 Å². The van der Waals surface area contributed by atoms with E-state index in [1.54, 1.807) is 19.1 Å². The van der Waals surface area contributed by atoms with E-state index in [1.165, 1.54) is 0 Å². The fourth-order valence-corrected chi connectivity index (χ4v) is 3.47. The third kappa shape index (κ3) is 4.50. The van der Waals surface area contributed by atoms with Crippen LogP contribution in [0, 0.1) is 6.92 Å². The first kappa shape index (κ1) is 20.6. The molecule has 5 heteroatoms. The van der Waals surface area contributed by atoms with Gasteiger partial charge in [-0.05, 0) is 38.5 Å². The van der Waals surface area contributed by atoms with Gasteiger partial charge in [0.15, 0.2) is 12.4 Å². The standard InChI is InChI=1S/C24H27NO4/c1-4-6-14-25-17(3)23(24(27)28-5-2)20-15-19(12-13-21(20)25)29-16-22(26)18-10-8-7-9-11-18/h7-13,15H,4-6,14,16H2,1-3H3. The van der Waals surface area contributed by atoms with Gasteiger partial charge in [-0.3, -0.25) is 4.79 Å². The first-order valence-electron chi connectivity index (χ1n) is 10.1. The number of hydrogen-bond acceptors (Lipinski definition) is 4. The number of unbranched alkanes of at least 4 members (excludes halogenated alkanes) is 1. The topological polar surface area (TPSA) is 57.5 Å². The van der Waals surface area contributed by atoms with Crippen LogP contribution in [-0.4, -0.2) is 29.5 Å². The van der Waals surface area contributed by atoms with Crippen molar-refractivity contribution in [3.05, 3.63) is 65.4 Å². The highest BCUT2D eigenvalue weighted by atomic mass is 16.5. The van der Waals surface area contributed by atoms with Crippen molar-refractivity contribution in [2.24, 2.45) is 0 Å². The molecule has 3 aromatic rings. The summed E-state index contributed by atoms with van der Waals surface area (Å²) in [6, 6.07) is 14.7. The van der Waals surface area contributed by atoms with E-state index in [2.05, 4.69) is 11.5 Å². The lowest BCUT2D eigenvalue weighted by Gasteiger charge is -2.08. The second-order valence-electron chi connectivity index (χ2n) is 6.94. The van der Waals surface area contributed by atoms with Gasteiger partial charge in [0.1, 0.15) is 5.75 Å². The monoisotopic (exact) mass is 393 g/mol. The fourth-order valence-electron chi connectivity index (χ4n) is 3.47. The fraction of sp³-hybridized carbons (Fsp3) is 0.333. The van der Waals surface area contributed by atoms with Crippen LogP contribution in [0.1, 0.15) is 53.1 Å². The molecule has 0 saturated heterocycles. The molecular formula is C24H27NO4. The van der Waals surface area contributed by atoms with E-state index in [0.29, 0.717) is 23.5 Å². The molecule has 29 heavy (non-hydrogen) atoms. The van der Waals surface area contributed by atoms with Crippen molar-refractivity contribution in [1.29, 1.82) is 0 Å². The zero-order valence-corrected chi connectivity index (χ0v) is 17.2. The Kier molecular flexibility index (Phi) is 6.70. The maximum Gasteiger partial charge on any atom is 0.340 e. The molecule has 0 bridgehead atoms. The minimum atomic E-state index is -0.331. The summed E-state index contributed by atoms with van der Waals surface area (Å²) in [7, 11) is 0. The summed E-state index contributed by atoms with van der Waals surface area (Å²) in [5.41, 5.74) is 3.05. The minimum absolute atomic E-state index is 0.0558. The van der Waals surface area contributed by atoms with Crippen LogP contribution in [0.2, 0.25) is 0 Å². The highest BCUT2D eigenvalue weighted by Gasteiger charge is 2.21. The van der Waals surface area contributed by atoms with E-state index < -0.39 is 0 Å². The van der Waals surface area contributed by atoms with Crippen molar-refractivity contribution < 1.29 is 19.1 Å². The van der Waals surface area contributed by atoms with Gasteiger partial charge in [-0.25, -0.2) is 4.79 Å². The largest absolute Gasteiger partial charge is 0.485 e. The van der Waals surface area contributed by atoms with Crippen LogP contribution in [0.5, 0.6) is 5.75 Å². The molecule has 0 atom stereocenters. The molecule has 0 radical (unpaired) electrons. The van der Waals surface area contributed by atoms with Gasteiger partial charge < -0.3 is 14.0 Å². The number of hydrogen-bond donors (Lipinski definition) is 0. The summed E-state index contributed by atoms with van der Waals surface area (Å²) in [4.78, 5) is 24.9. The second-order valence-corrected chi connectivity index (χ2v) is 6.94. The number of ether oxygens (including phenoxy) is 2. The number of carbonyl (C=O) groups is 2. The van der Waals surface area contributed by atoms with E-state index >= 15 is 0 Å². The maximum absolute atomic E-state index is 12.6. The number of aryl methyl sites for hydroxylation is 1. The molecular weight excluding hydrogens is 366 g/mol. The molecule has 2 aromatic carbocycles. The SMILES string of the molecule is CCCCn1c(C)c(C(=O)OCC)c2cc(OCC(=O)c3ccccc3)ccc21. The van der Waals surface area contributed by atoms with Crippen LogP contribution in [0.25, 0.3) is 10.9 Å². The molecule has 0 saturated carbocycles. The Morgan fingerprint density at radius 2 is 1.79 bits per heavy atom. The van der Waals surface area contributed by atoms with E-state index in [-0.39, 0.29) is 18.4 Å². The van der Waals surface area contributed by atoms with Crippen molar-refractivity contribution >= 4 is 22.7 Å². The number of fused-ring (bicyclic) bond motifs is 1. The van der Waals surface area contributed by atoms with E-state index in [9.17, 15) is 9.59 Å². The number of esters is 1. The molecule has 0 aliphatic carbocycles. The summed E-state index contributed by atoms with van der Waals surface area (Å²) in [6.45, 7) is 6.99. The first-order chi connectivity index (χ1) is 14.1. The van der Waals surface area contributed by atoms with Crippen molar-refractivity contribution in [1.82, 2.24) is 4.57 Å². The van der Waals surface area contributed by atoms with E-state index in [1.807, 2.05) is 43.3 Å². The number of carbonyl (C=O) groups excluding carboxylic acids is 2. The number of benzene rings is 2. The quantitative estimate of drug-likeness (QED) is 0.371.